The minimum atomic E-state index is -0.138. The Bertz CT molecular complexity index is 984. The van der Waals surface area contributed by atoms with E-state index in [2.05, 4.69) is 5.32 Å². The fourth-order valence-corrected chi connectivity index (χ4v) is 3.15. The van der Waals surface area contributed by atoms with Crippen molar-refractivity contribution in [2.75, 3.05) is 20.3 Å². The van der Waals surface area contributed by atoms with E-state index in [1.165, 1.54) is 0 Å². The number of hydrogen-bond acceptors (Lipinski definition) is 4. The lowest BCUT2D eigenvalue weighted by Gasteiger charge is -2.21. The highest BCUT2D eigenvalue weighted by Crippen LogP contribution is 2.24. The van der Waals surface area contributed by atoms with Gasteiger partial charge >= 0.3 is 0 Å². The van der Waals surface area contributed by atoms with Crippen LogP contribution in [0.25, 0.3) is 16.6 Å². The van der Waals surface area contributed by atoms with Gasteiger partial charge in [-0.3, -0.25) is 9.36 Å². The molecular formula is C20H22ClN3O2. The molecule has 0 bridgehead atoms. The van der Waals surface area contributed by atoms with Crippen LogP contribution in [-0.2, 0) is 4.74 Å². The van der Waals surface area contributed by atoms with E-state index in [4.69, 9.17) is 21.3 Å². The fourth-order valence-electron chi connectivity index (χ4n) is 2.98. The Labute approximate surface area is 157 Å². The number of aromatic nitrogens is 2. The molecule has 0 unspecified atom stereocenters. The summed E-state index contributed by atoms with van der Waals surface area (Å²) in [5.41, 5.74) is 2.18. The molecule has 0 aliphatic rings. The second-order valence-electron chi connectivity index (χ2n) is 6.18. The summed E-state index contributed by atoms with van der Waals surface area (Å²) < 4.78 is 6.76. The number of hydrogen-bond donors (Lipinski definition) is 1. The number of halogens is 1. The first-order valence-electron chi connectivity index (χ1n) is 8.54. The number of para-hydroxylation sites is 1. The molecule has 26 heavy (non-hydrogen) atoms. The van der Waals surface area contributed by atoms with E-state index >= 15 is 0 Å². The van der Waals surface area contributed by atoms with Crippen LogP contribution in [0.4, 0.5) is 0 Å². The monoisotopic (exact) mass is 371 g/mol. The molecule has 1 aromatic heterocycles. The molecule has 6 heteroatoms. The summed E-state index contributed by atoms with van der Waals surface area (Å²) in [5.74, 6) is 0.648. The zero-order valence-corrected chi connectivity index (χ0v) is 15.9. The summed E-state index contributed by atoms with van der Waals surface area (Å²) in [6, 6.07) is 12.8. The standard InChI is InChI=1S/C20H22ClN3O2/c1-13-16(21)8-6-10-18(13)24-19(14(2)22-11-12-26-3)23-17-9-5-4-7-15(17)20(24)25/h4-10,14,22H,11-12H2,1-3H3/t14-/m1/s1. The van der Waals surface area contributed by atoms with Gasteiger partial charge in [0.05, 0.1) is 29.2 Å². The van der Waals surface area contributed by atoms with Gasteiger partial charge in [-0.25, -0.2) is 4.98 Å². The van der Waals surface area contributed by atoms with Gasteiger partial charge in [0.1, 0.15) is 5.82 Å². The molecule has 0 saturated carbocycles. The summed E-state index contributed by atoms with van der Waals surface area (Å²) in [4.78, 5) is 18.1. The van der Waals surface area contributed by atoms with Gasteiger partial charge < -0.3 is 10.1 Å². The lowest BCUT2D eigenvalue weighted by Crippen LogP contribution is -2.31. The van der Waals surface area contributed by atoms with Crippen LogP contribution in [0.15, 0.2) is 47.3 Å². The molecule has 136 valence electrons. The maximum absolute atomic E-state index is 13.3. The molecule has 3 aromatic rings. The number of benzene rings is 2. The predicted molar refractivity (Wildman–Crippen MR) is 105 cm³/mol. The van der Waals surface area contributed by atoms with Gasteiger partial charge in [0, 0.05) is 18.7 Å². The Morgan fingerprint density at radius 1 is 1.23 bits per heavy atom. The van der Waals surface area contributed by atoms with Crippen molar-refractivity contribution >= 4 is 22.5 Å². The fraction of sp³-hybridized carbons (Fsp3) is 0.300. The van der Waals surface area contributed by atoms with E-state index < -0.39 is 0 Å². The molecule has 0 spiro atoms. The van der Waals surface area contributed by atoms with Crippen LogP contribution in [-0.4, -0.2) is 29.8 Å². The molecule has 0 aliphatic heterocycles. The Kier molecular flexibility index (Phi) is 5.71. The van der Waals surface area contributed by atoms with Gasteiger partial charge in [-0.05, 0) is 43.7 Å². The Hall–Kier alpha value is -2.21. The molecule has 0 amide bonds. The molecule has 0 saturated heterocycles. The molecule has 0 aliphatic carbocycles. The van der Waals surface area contributed by atoms with E-state index in [0.29, 0.717) is 34.9 Å². The molecule has 0 radical (unpaired) electrons. The number of nitrogens with zero attached hydrogens (tertiary/aromatic N) is 2. The minimum absolute atomic E-state index is 0.101. The third-order valence-corrected chi connectivity index (χ3v) is 4.84. The van der Waals surface area contributed by atoms with Crippen LogP contribution < -0.4 is 10.9 Å². The molecule has 3 rings (SSSR count). The van der Waals surface area contributed by atoms with E-state index in [9.17, 15) is 4.79 Å². The summed E-state index contributed by atoms with van der Waals surface area (Å²) in [5, 5.41) is 4.56. The minimum Gasteiger partial charge on any atom is -0.383 e. The zero-order chi connectivity index (χ0) is 18.7. The third kappa shape index (κ3) is 3.51. The van der Waals surface area contributed by atoms with Crippen LogP contribution in [0.2, 0.25) is 5.02 Å². The molecule has 1 heterocycles. The smallest absolute Gasteiger partial charge is 0.266 e. The van der Waals surface area contributed by atoms with Crippen molar-refractivity contribution in [3.8, 4) is 5.69 Å². The van der Waals surface area contributed by atoms with Crippen LogP contribution in [0.3, 0.4) is 0 Å². The van der Waals surface area contributed by atoms with Crippen molar-refractivity contribution in [1.82, 2.24) is 14.9 Å². The lowest BCUT2D eigenvalue weighted by atomic mass is 10.1. The van der Waals surface area contributed by atoms with Gasteiger partial charge in [-0.2, -0.15) is 0 Å². The predicted octanol–water partition coefficient (Wildman–Crippen LogP) is 3.64. The number of ether oxygens (including phenoxy) is 1. The van der Waals surface area contributed by atoms with Crippen molar-refractivity contribution < 1.29 is 4.74 Å². The zero-order valence-electron chi connectivity index (χ0n) is 15.1. The maximum atomic E-state index is 13.3. The van der Waals surface area contributed by atoms with Crippen LogP contribution in [0, 0.1) is 6.92 Å². The van der Waals surface area contributed by atoms with Crippen molar-refractivity contribution in [2.24, 2.45) is 0 Å². The Morgan fingerprint density at radius 2 is 2.00 bits per heavy atom. The van der Waals surface area contributed by atoms with Crippen LogP contribution in [0.5, 0.6) is 0 Å². The lowest BCUT2D eigenvalue weighted by molar-refractivity contribution is 0.196. The van der Waals surface area contributed by atoms with Crippen LogP contribution >= 0.6 is 11.6 Å². The number of rotatable bonds is 6. The largest absolute Gasteiger partial charge is 0.383 e. The van der Waals surface area contributed by atoms with Crippen molar-refractivity contribution in [3.63, 3.8) is 0 Å². The Morgan fingerprint density at radius 3 is 2.77 bits per heavy atom. The molecule has 5 nitrogen and oxygen atoms in total. The highest BCUT2D eigenvalue weighted by molar-refractivity contribution is 6.31. The highest BCUT2D eigenvalue weighted by Gasteiger charge is 2.19. The first-order chi connectivity index (χ1) is 12.5. The van der Waals surface area contributed by atoms with E-state index in [1.54, 1.807) is 17.7 Å². The molecule has 1 atom stereocenters. The van der Waals surface area contributed by atoms with Gasteiger partial charge in [-0.1, -0.05) is 29.8 Å². The van der Waals surface area contributed by atoms with Gasteiger partial charge in [0.2, 0.25) is 0 Å². The van der Waals surface area contributed by atoms with Crippen molar-refractivity contribution in [3.05, 3.63) is 69.2 Å². The first-order valence-corrected chi connectivity index (χ1v) is 8.92. The third-order valence-electron chi connectivity index (χ3n) is 4.43. The first kappa shape index (κ1) is 18.6. The summed E-state index contributed by atoms with van der Waals surface area (Å²) in [6.07, 6.45) is 0. The SMILES string of the molecule is COCCN[C@H](C)c1nc2ccccc2c(=O)n1-c1cccc(Cl)c1C. The average Bonchev–Trinajstić information content (AvgIpc) is 2.64. The highest BCUT2D eigenvalue weighted by atomic mass is 35.5. The molecule has 0 fully saturated rings. The topological polar surface area (TPSA) is 56.1 Å². The molecular weight excluding hydrogens is 350 g/mol. The molecule has 2 aromatic carbocycles. The van der Waals surface area contributed by atoms with Crippen molar-refractivity contribution in [1.29, 1.82) is 0 Å². The number of nitrogens with one attached hydrogen (secondary N) is 1. The van der Waals surface area contributed by atoms with E-state index in [1.807, 2.05) is 50.2 Å². The second kappa shape index (κ2) is 7.99. The van der Waals surface area contributed by atoms with Gasteiger partial charge in [0.15, 0.2) is 0 Å². The number of methoxy groups -OCH3 is 1. The summed E-state index contributed by atoms with van der Waals surface area (Å²) >= 11 is 6.30. The second-order valence-corrected chi connectivity index (χ2v) is 6.59. The van der Waals surface area contributed by atoms with Gasteiger partial charge in [-0.15, -0.1) is 0 Å². The average molecular weight is 372 g/mol. The summed E-state index contributed by atoms with van der Waals surface area (Å²) in [6.45, 7) is 5.14. The van der Waals surface area contributed by atoms with E-state index in [0.717, 1.165) is 11.3 Å². The van der Waals surface area contributed by atoms with Crippen LogP contribution in [0.1, 0.15) is 24.4 Å². The normalized spacial score (nSPS) is 12.5. The number of fused-ring (bicyclic) bond motifs is 1. The van der Waals surface area contributed by atoms with E-state index in [-0.39, 0.29) is 11.6 Å². The Balaban J connectivity index is 2.24. The maximum Gasteiger partial charge on any atom is 0.266 e. The van der Waals surface area contributed by atoms with Gasteiger partial charge in [0.25, 0.3) is 5.56 Å². The molecule has 1 N–H and O–H groups in total. The van der Waals surface area contributed by atoms with Crippen molar-refractivity contribution in [2.45, 2.75) is 19.9 Å². The summed E-state index contributed by atoms with van der Waals surface area (Å²) in [7, 11) is 1.66. The quantitative estimate of drug-likeness (QED) is 0.672.